The molecule has 1 aliphatic heterocycles. The highest BCUT2D eigenvalue weighted by atomic mass is 16.5. The Hall–Kier alpha value is -8.02. The third-order valence-electron chi connectivity index (χ3n) is 12.4. The van der Waals surface area contributed by atoms with E-state index in [9.17, 15) is 0 Å². The predicted molar refractivity (Wildman–Crippen MR) is 283 cm³/mol. The summed E-state index contributed by atoms with van der Waals surface area (Å²) in [5, 5.41) is 0. The van der Waals surface area contributed by atoms with Crippen LogP contribution in [0.5, 0.6) is 11.5 Å². The fourth-order valence-corrected chi connectivity index (χ4v) is 8.95. The van der Waals surface area contributed by atoms with Gasteiger partial charge in [-0.15, -0.1) is 0 Å². The maximum Gasteiger partial charge on any atom is 0.129 e. The largest absolute Gasteiger partial charge is 0.457 e. The molecule has 1 heterocycles. The Labute approximate surface area is 396 Å². The molecule has 9 aromatic carbocycles. The van der Waals surface area contributed by atoms with Gasteiger partial charge in [0.2, 0.25) is 0 Å². The van der Waals surface area contributed by atoms with E-state index in [2.05, 4.69) is 280 Å². The predicted octanol–water partition coefficient (Wildman–Crippen LogP) is 18.3. The number of hydrogen-bond acceptors (Lipinski definition) is 5. The average Bonchev–Trinajstić information content (AvgIpc) is 3.33. The number of anilines is 12. The van der Waals surface area contributed by atoms with E-state index in [4.69, 9.17) is 4.74 Å². The van der Waals surface area contributed by atoms with Crippen molar-refractivity contribution in [3.63, 3.8) is 0 Å². The Bertz CT molecular complexity index is 2930. The molecule has 1 aliphatic rings. The minimum Gasteiger partial charge on any atom is -0.457 e. The minimum atomic E-state index is -0.172. The highest BCUT2D eigenvalue weighted by molar-refractivity contribution is 5.88. The van der Waals surface area contributed by atoms with Crippen LogP contribution in [0.1, 0.15) is 52.7 Å². The standard InChI is InChI=1S/C62H56N4O/c1-61(2,3)45-36-55-41-57(38-45)65(49-26-15-9-16-27-49)53-32-20-34-59(43-53)67-60-35-21-33-54(44-60)66(50-28-17-10-18-29-50)58-39-46(62(4,5)6)37-56(42-58)64(48-24-13-8-14-25-48)52-31-19-30-51(40-52)63(55)47-22-11-7-12-23-47/h7-44H,1-6H3. The molecule has 10 rings (SSSR count). The molecule has 0 spiro atoms. The molecule has 0 saturated heterocycles. The van der Waals surface area contributed by atoms with Crippen molar-refractivity contribution < 1.29 is 4.74 Å². The van der Waals surface area contributed by atoms with Gasteiger partial charge in [-0.25, -0.2) is 0 Å². The number of hydrogen-bond donors (Lipinski definition) is 0. The summed E-state index contributed by atoms with van der Waals surface area (Å²) in [5.74, 6) is 1.48. The quantitative estimate of drug-likeness (QED) is 0.175. The first-order chi connectivity index (χ1) is 32.5. The summed E-state index contributed by atoms with van der Waals surface area (Å²) in [6.07, 6.45) is 0. The van der Waals surface area contributed by atoms with Gasteiger partial charge in [0, 0.05) is 80.4 Å². The van der Waals surface area contributed by atoms with Crippen molar-refractivity contribution in [2.24, 2.45) is 0 Å². The van der Waals surface area contributed by atoms with Gasteiger partial charge in [-0.1, -0.05) is 133 Å². The monoisotopic (exact) mass is 872 g/mol. The molecular formula is C62H56N4O. The zero-order valence-electron chi connectivity index (χ0n) is 39.1. The third kappa shape index (κ3) is 9.01. The second-order valence-corrected chi connectivity index (χ2v) is 19.3. The molecule has 0 aliphatic carbocycles. The van der Waals surface area contributed by atoms with Crippen LogP contribution in [0.15, 0.2) is 231 Å². The molecule has 0 atom stereocenters. The lowest BCUT2D eigenvalue weighted by molar-refractivity contribution is 0.483. The maximum atomic E-state index is 6.88. The van der Waals surface area contributed by atoms with Gasteiger partial charge in [0.1, 0.15) is 11.5 Å². The van der Waals surface area contributed by atoms with E-state index in [1.54, 1.807) is 0 Å². The molecule has 0 amide bonds. The lowest BCUT2D eigenvalue weighted by Gasteiger charge is -2.34. The molecule has 0 aromatic heterocycles. The van der Waals surface area contributed by atoms with Gasteiger partial charge >= 0.3 is 0 Å². The van der Waals surface area contributed by atoms with Gasteiger partial charge in [0.15, 0.2) is 0 Å². The second-order valence-electron chi connectivity index (χ2n) is 19.3. The van der Waals surface area contributed by atoms with Crippen LogP contribution < -0.4 is 24.3 Å². The molecule has 330 valence electrons. The summed E-state index contributed by atoms with van der Waals surface area (Å²) in [6, 6.07) is 82.6. The number of fused-ring (bicyclic) bond motifs is 10. The van der Waals surface area contributed by atoms with E-state index in [0.717, 1.165) is 79.7 Å². The maximum absolute atomic E-state index is 6.88. The summed E-state index contributed by atoms with van der Waals surface area (Å²) in [5.41, 5.74) is 14.5. The van der Waals surface area contributed by atoms with Gasteiger partial charge in [0.25, 0.3) is 0 Å². The zero-order valence-corrected chi connectivity index (χ0v) is 39.1. The van der Waals surface area contributed by atoms with Gasteiger partial charge in [-0.3, -0.25) is 0 Å². The summed E-state index contributed by atoms with van der Waals surface area (Å²) < 4.78 is 6.88. The van der Waals surface area contributed by atoms with Crippen LogP contribution in [0.3, 0.4) is 0 Å². The third-order valence-corrected chi connectivity index (χ3v) is 12.4. The first kappa shape index (κ1) is 42.9. The summed E-state index contributed by atoms with van der Waals surface area (Å²) in [6.45, 7) is 13.7. The summed E-state index contributed by atoms with van der Waals surface area (Å²) in [7, 11) is 0. The Morgan fingerprint density at radius 3 is 0.761 bits per heavy atom. The second kappa shape index (κ2) is 17.8. The number of benzene rings is 9. The van der Waals surface area contributed by atoms with Crippen molar-refractivity contribution in [1.29, 1.82) is 0 Å². The number of ether oxygens (including phenoxy) is 1. The van der Waals surface area contributed by atoms with E-state index in [1.807, 2.05) is 12.1 Å². The number of nitrogens with zero attached hydrogens (tertiary/aromatic N) is 4. The average molecular weight is 873 g/mol. The van der Waals surface area contributed by atoms with Gasteiger partial charge < -0.3 is 24.3 Å². The van der Waals surface area contributed by atoms with E-state index < -0.39 is 0 Å². The first-order valence-electron chi connectivity index (χ1n) is 23.2. The highest BCUT2D eigenvalue weighted by Crippen LogP contribution is 2.48. The van der Waals surface area contributed by atoms with Crippen molar-refractivity contribution >= 4 is 68.2 Å². The molecule has 67 heavy (non-hydrogen) atoms. The SMILES string of the molecule is CC(C)(C)c1cc2cc(c1)N(c1ccccc1)c1cccc(c1)N(c1ccccc1)c1cc(cc(C(C)(C)C)c1)N(c1ccccc1)c1cccc(c1)Oc1cccc(c1)N2c1ccccc1. The van der Waals surface area contributed by atoms with Crippen LogP contribution in [0.2, 0.25) is 0 Å². The topological polar surface area (TPSA) is 22.2 Å². The Kier molecular flexibility index (Phi) is 11.4. The molecule has 0 radical (unpaired) electrons. The van der Waals surface area contributed by atoms with Crippen molar-refractivity contribution in [3.8, 4) is 11.5 Å². The van der Waals surface area contributed by atoms with Crippen LogP contribution >= 0.6 is 0 Å². The Balaban J connectivity index is 1.30. The molecule has 0 saturated carbocycles. The normalized spacial score (nSPS) is 12.9. The van der Waals surface area contributed by atoms with E-state index in [1.165, 1.54) is 11.1 Å². The fraction of sp³-hybridized carbons (Fsp3) is 0.129. The van der Waals surface area contributed by atoms with Gasteiger partial charge in [0.05, 0.1) is 0 Å². The van der Waals surface area contributed by atoms with Crippen LogP contribution in [0.25, 0.3) is 0 Å². The molecule has 0 N–H and O–H groups in total. The molecule has 5 nitrogen and oxygen atoms in total. The lowest BCUT2D eigenvalue weighted by Crippen LogP contribution is -2.19. The molecular weight excluding hydrogens is 817 g/mol. The summed E-state index contributed by atoms with van der Waals surface area (Å²) >= 11 is 0. The highest BCUT2D eigenvalue weighted by Gasteiger charge is 2.26. The first-order valence-corrected chi connectivity index (χ1v) is 23.2. The van der Waals surface area contributed by atoms with Crippen molar-refractivity contribution in [2.45, 2.75) is 52.4 Å². The van der Waals surface area contributed by atoms with Crippen molar-refractivity contribution in [1.82, 2.24) is 0 Å². The molecule has 5 heteroatoms. The van der Waals surface area contributed by atoms with E-state index >= 15 is 0 Å². The van der Waals surface area contributed by atoms with Crippen molar-refractivity contribution in [3.05, 3.63) is 242 Å². The minimum absolute atomic E-state index is 0.172. The number of rotatable bonds is 4. The van der Waals surface area contributed by atoms with E-state index in [-0.39, 0.29) is 10.8 Å². The van der Waals surface area contributed by atoms with E-state index in [0.29, 0.717) is 0 Å². The van der Waals surface area contributed by atoms with Gasteiger partial charge in [-0.2, -0.15) is 0 Å². The molecule has 0 fully saturated rings. The van der Waals surface area contributed by atoms with Gasteiger partial charge in [-0.05, 0) is 149 Å². The molecule has 10 bridgehead atoms. The van der Waals surface area contributed by atoms with Crippen LogP contribution in [0, 0.1) is 0 Å². The Morgan fingerprint density at radius 2 is 0.478 bits per heavy atom. The van der Waals surface area contributed by atoms with Crippen LogP contribution in [0.4, 0.5) is 68.2 Å². The van der Waals surface area contributed by atoms with Crippen molar-refractivity contribution in [2.75, 3.05) is 19.6 Å². The smallest absolute Gasteiger partial charge is 0.129 e. The van der Waals surface area contributed by atoms with Crippen LogP contribution in [-0.4, -0.2) is 0 Å². The summed E-state index contributed by atoms with van der Waals surface area (Å²) in [4.78, 5) is 9.47. The number of para-hydroxylation sites is 4. The lowest BCUT2D eigenvalue weighted by atomic mass is 9.86. The molecule has 0 unspecified atom stereocenters. The fourth-order valence-electron chi connectivity index (χ4n) is 8.95. The molecule has 9 aromatic rings. The zero-order chi connectivity index (χ0) is 46.1. The Morgan fingerprint density at radius 1 is 0.239 bits per heavy atom. The van der Waals surface area contributed by atoms with Crippen LogP contribution in [-0.2, 0) is 10.8 Å².